The standard InChI is InChI=1S/C25H27N5O5S/c1-5-35-20-12-11-17(36(33,34)29-24(31)16-9-7-6-8-10-16)14-18(20)23-26-21-19(13-15(2)3)28-30(4)22(21)25(32)27-23/h6-12,14-15H,5,13H2,1-4H3,(H,29,31)(H,26,27,32). The molecule has 0 saturated heterocycles. The fraction of sp³-hybridized carbons (Fsp3) is 0.280. The van der Waals surface area contributed by atoms with E-state index in [1.807, 2.05) is 13.8 Å². The van der Waals surface area contributed by atoms with Crippen molar-refractivity contribution in [2.75, 3.05) is 6.61 Å². The molecule has 2 N–H and O–H groups in total. The molecule has 11 heteroatoms. The van der Waals surface area contributed by atoms with Gasteiger partial charge in [-0.2, -0.15) is 5.10 Å². The number of nitrogens with one attached hydrogen (secondary N) is 2. The Balaban J connectivity index is 1.82. The lowest BCUT2D eigenvalue weighted by molar-refractivity contribution is 0.0981. The second-order valence-corrected chi connectivity index (χ2v) is 10.4. The number of aromatic amines is 1. The second-order valence-electron chi connectivity index (χ2n) is 8.67. The van der Waals surface area contributed by atoms with Crippen LogP contribution in [0.3, 0.4) is 0 Å². The molecule has 36 heavy (non-hydrogen) atoms. The van der Waals surface area contributed by atoms with E-state index in [1.165, 1.54) is 35.0 Å². The predicted molar refractivity (Wildman–Crippen MR) is 135 cm³/mol. The smallest absolute Gasteiger partial charge is 0.277 e. The fourth-order valence-electron chi connectivity index (χ4n) is 3.87. The summed E-state index contributed by atoms with van der Waals surface area (Å²) in [5, 5.41) is 4.46. The van der Waals surface area contributed by atoms with Crippen LogP contribution in [0.2, 0.25) is 0 Å². The molecule has 2 heterocycles. The summed E-state index contributed by atoms with van der Waals surface area (Å²) in [6.07, 6.45) is 0.617. The third-order valence-corrected chi connectivity index (χ3v) is 6.77. The highest BCUT2D eigenvalue weighted by molar-refractivity contribution is 7.90. The lowest BCUT2D eigenvalue weighted by Gasteiger charge is -2.13. The van der Waals surface area contributed by atoms with Crippen molar-refractivity contribution in [3.8, 4) is 17.1 Å². The summed E-state index contributed by atoms with van der Waals surface area (Å²) in [7, 11) is -2.56. The summed E-state index contributed by atoms with van der Waals surface area (Å²) < 4.78 is 35.4. The predicted octanol–water partition coefficient (Wildman–Crippen LogP) is 3.04. The van der Waals surface area contributed by atoms with E-state index in [1.54, 1.807) is 32.2 Å². The molecule has 2 aromatic carbocycles. The van der Waals surface area contributed by atoms with Gasteiger partial charge in [0.05, 0.1) is 22.8 Å². The largest absolute Gasteiger partial charge is 0.493 e. The Morgan fingerprint density at radius 3 is 2.56 bits per heavy atom. The zero-order valence-electron chi connectivity index (χ0n) is 20.4. The first-order valence-corrected chi connectivity index (χ1v) is 12.9. The van der Waals surface area contributed by atoms with Crippen molar-refractivity contribution in [3.63, 3.8) is 0 Å². The number of nitrogens with zero attached hydrogens (tertiary/aromatic N) is 3. The molecule has 10 nitrogen and oxygen atoms in total. The first-order valence-electron chi connectivity index (χ1n) is 11.5. The van der Waals surface area contributed by atoms with Gasteiger partial charge in [-0.1, -0.05) is 32.0 Å². The Labute approximate surface area is 208 Å². The van der Waals surface area contributed by atoms with E-state index in [4.69, 9.17) is 4.74 Å². The zero-order valence-corrected chi connectivity index (χ0v) is 21.2. The lowest BCUT2D eigenvalue weighted by atomic mass is 10.1. The first-order chi connectivity index (χ1) is 17.1. The summed E-state index contributed by atoms with van der Waals surface area (Å²) in [6, 6.07) is 12.2. The molecule has 0 fully saturated rings. The number of amides is 1. The molecule has 2 aromatic heterocycles. The van der Waals surface area contributed by atoms with Gasteiger partial charge < -0.3 is 9.72 Å². The molecule has 0 aliphatic carbocycles. The van der Waals surface area contributed by atoms with Gasteiger partial charge in [-0.05, 0) is 49.6 Å². The quantitative estimate of drug-likeness (QED) is 0.373. The van der Waals surface area contributed by atoms with Crippen LogP contribution in [0.15, 0.2) is 58.2 Å². The molecule has 0 bridgehead atoms. The number of sulfonamides is 1. The van der Waals surface area contributed by atoms with Gasteiger partial charge in [0.1, 0.15) is 17.1 Å². The van der Waals surface area contributed by atoms with Crippen LogP contribution in [0, 0.1) is 5.92 Å². The van der Waals surface area contributed by atoms with Crippen molar-refractivity contribution in [1.29, 1.82) is 0 Å². The highest BCUT2D eigenvalue weighted by atomic mass is 32.2. The van der Waals surface area contributed by atoms with Crippen LogP contribution in [0.4, 0.5) is 0 Å². The van der Waals surface area contributed by atoms with Gasteiger partial charge in [0.15, 0.2) is 5.52 Å². The number of fused-ring (bicyclic) bond motifs is 1. The van der Waals surface area contributed by atoms with Crippen molar-refractivity contribution in [2.24, 2.45) is 13.0 Å². The number of aryl methyl sites for hydroxylation is 1. The number of H-pyrrole nitrogens is 1. The van der Waals surface area contributed by atoms with Crippen molar-refractivity contribution in [1.82, 2.24) is 24.5 Å². The third kappa shape index (κ3) is 5.01. The minimum atomic E-state index is -4.23. The summed E-state index contributed by atoms with van der Waals surface area (Å²) in [4.78, 5) is 32.7. The molecule has 0 aliphatic heterocycles. The Bertz CT molecular complexity index is 1590. The molecular weight excluding hydrogens is 482 g/mol. The highest BCUT2D eigenvalue weighted by Crippen LogP contribution is 2.31. The summed E-state index contributed by atoms with van der Waals surface area (Å²) >= 11 is 0. The summed E-state index contributed by atoms with van der Waals surface area (Å²) in [5.74, 6) is 0.00372. The Hall–Kier alpha value is -3.99. The van der Waals surface area contributed by atoms with Crippen molar-refractivity contribution in [2.45, 2.75) is 32.1 Å². The van der Waals surface area contributed by atoms with E-state index in [2.05, 4.69) is 19.8 Å². The van der Waals surface area contributed by atoms with E-state index in [9.17, 15) is 18.0 Å². The third-order valence-electron chi connectivity index (χ3n) is 5.44. The van der Waals surface area contributed by atoms with E-state index in [-0.39, 0.29) is 27.8 Å². The normalized spacial score (nSPS) is 11.7. The van der Waals surface area contributed by atoms with Crippen LogP contribution in [0.5, 0.6) is 5.75 Å². The molecular formula is C25H27N5O5S. The van der Waals surface area contributed by atoms with E-state index in [0.717, 1.165) is 0 Å². The Morgan fingerprint density at radius 1 is 1.17 bits per heavy atom. The van der Waals surface area contributed by atoms with Gasteiger partial charge in [0, 0.05) is 12.6 Å². The summed E-state index contributed by atoms with van der Waals surface area (Å²) in [6.45, 7) is 6.18. The monoisotopic (exact) mass is 509 g/mol. The van der Waals surface area contributed by atoms with E-state index >= 15 is 0 Å². The zero-order chi connectivity index (χ0) is 26.0. The van der Waals surface area contributed by atoms with Gasteiger partial charge in [-0.15, -0.1) is 0 Å². The van der Waals surface area contributed by atoms with Crippen LogP contribution in [0.25, 0.3) is 22.4 Å². The van der Waals surface area contributed by atoms with Gasteiger partial charge in [-0.3, -0.25) is 14.3 Å². The number of ether oxygens (including phenoxy) is 1. The summed E-state index contributed by atoms with van der Waals surface area (Å²) in [5.41, 5.74) is 1.51. The number of hydrogen-bond acceptors (Lipinski definition) is 7. The lowest BCUT2D eigenvalue weighted by Crippen LogP contribution is -2.30. The SMILES string of the molecule is CCOc1ccc(S(=O)(=O)NC(=O)c2ccccc2)cc1-c1nc2c(CC(C)C)nn(C)c2c(=O)[nH]1. The average molecular weight is 510 g/mol. The average Bonchev–Trinajstić information content (AvgIpc) is 3.14. The number of rotatable bonds is 8. The van der Waals surface area contributed by atoms with Crippen molar-refractivity contribution < 1.29 is 17.9 Å². The topological polar surface area (TPSA) is 136 Å². The van der Waals surface area contributed by atoms with Gasteiger partial charge in [-0.25, -0.2) is 18.1 Å². The minimum Gasteiger partial charge on any atom is -0.493 e. The van der Waals surface area contributed by atoms with E-state index < -0.39 is 21.5 Å². The first kappa shape index (κ1) is 25.1. The molecule has 4 aromatic rings. The van der Waals surface area contributed by atoms with Crippen LogP contribution in [0.1, 0.15) is 36.8 Å². The maximum Gasteiger partial charge on any atom is 0.277 e. The molecule has 0 atom stereocenters. The number of carbonyl (C=O) groups excluding carboxylic acids is 1. The maximum absolute atomic E-state index is 13.0. The number of carbonyl (C=O) groups is 1. The minimum absolute atomic E-state index is 0.139. The van der Waals surface area contributed by atoms with E-state index in [0.29, 0.717) is 35.5 Å². The van der Waals surface area contributed by atoms with Crippen molar-refractivity contribution in [3.05, 3.63) is 70.1 Å². The number of hydrogen-bond donors (Lipinski definition) is 2. The van der Waals surface area contributed by atoms with Crippen molar-refractivity contribution >= 4 is 27.0 Å². The van der Waals surface area contributed by atoms with Gasteiger partial charge in [0.2, 0.25) is 0 Å². The maximum atomic E-state index is 13.0. The molecule has 0 radical (unpaired) electrons. The Kier molecular flexibility index (Phi) is 6.93. The molecule has 4 rings (SSSR count). The molecule has 0 aliphatic rings. The van der Waals surface area contributed by atoms with Crippen LogP contribution < -0.4 is 15.0 Å². The van der Waals surface area contributed by atoms with Gasteiger partial charge in [0.25, 0.3) is 21.5 Å². The Morgan fingerprint density at radius 2 is 1.89 bits per heavy atom. The van der Waals surface area contributed by atoms with Crippen LogP contribution in [-0.2, 0) is 23.5 Å². The number of aromatic nitrogens is 4. The molecule has 0 unspecified atom stereocenters. The molecule has 188 valence electrons. The highest BCUT2D eigenvalue weighted by Gasteiger charge is 2.23. The molecule has 1 amide bonds. The number of benzene rings is 2. The molecule has 0 saturated carbocycles. The fourth-order valence-corrected chi connectivity index (χ4v) is 4.87. The molecule has 0 spiro atoms. The van der Waals surface area contributed by atoms with Crippen LogP contribution >= 0.6 is 0 Å². The second kappa shape index (κ2) is 9.94. The van der Waals surface area contributed by atoms with Crippen LogP contribution in [-0.4, -0.2) is 40.7 Å². The van der Waals surface area contributed by atoms with Gasteiger partial charge >= 0.3 is 0 Å².